The molecule has 1 aliphatic rings. The molecule has 7 heteroatoms. The molecule has 1 fully saturated rings. The lowest BCUT2D eigenvalue weighted by Crippen LogP contribution is -2.54. The summed E-state index contributed by atoms with van der Waals surface area (Å²) in [6, 6.07) is 12.2. The number of amides is 2. The minimum Gasteiger partial charge on any atom is -0.450 e. The third kappa shape index (κ3) is 2.72. The summed E-state index contributed by atoms with van der Waals surface area (Å²) in [6.07, 6.45) is 1.39. The average molecular weight is 377 g/mol. The number of furan rings is 1. The SMILES string of the molecule is O=C1NC(=S)N(c2ccccc2)C(=O)/C1=C/c1ccc(Br)o1. The highest BCUT2D eigenvalue weighted by atomic mass is 79.9. The highest BCUT2D eigenvalue weighted by molar-refractivity contribution is 9.10. The van der Waals surface area contributed by atoms with E-state index in [9.17, 15) is 9.59 Å². The molecule has 0 unspecified atom stereocenters. The first-order valence-corrected chi connectivity index (χ1v) is 7.48. The Morgan fingerprint density at radius 3 is 2.50 bits per heavy atom. The number of hydrogen-bond acceptors (Lipinski definition) is 4. The Bertz CT molecular complexity index is 798. The lowest BCUT2D eigenvalue weighted by Gasteiger charge is -2.28. The van der Waals surface area contributed by atoms with E-state index in [-0.39, 0.29) is 10.7 Å². The van der Waals surface area contributed by atoms with E-state index in [4.69, 9.17) is 16.6 Å². The van der Waals surface area contributed by atoms with Crippen LogP contribution < -0.4 is 10.2 Å². The molecule has 0 radical (unpaired) electrons. The molecule has 1 N–H and O–H groups in total. The van der Waals surface area contributed by atoms with Crippen molar-refractivity contribution in [2.75, 3.05) is 4.90 Å². The predicted molar refractivity (Wildman–Crippen MR) is 89.1 cm³/mol. The largest absolute Gasteiger partial charge is 0.450 e. The van der Waals surface area contributed by atoms with Crippen LogP contribution in [0.2, 0.25) is 0 Å². The topological polar surface area (TPSA) is 62.6 Å². The van der Waals surface area contributed by atoms with Crippen LogP contribution >= 0.6 is 28.1 Å². The minimum atomic E-state index is -0.547. The molecule has 1 aromatic heterocycles. The molecule has 3 rings (SSSR count). The van der Waals surface area contributed by atoms with Crippen LogP contribution in [0.25, 0.3) is 6.08 Å². The van der Waals surface area contributed by atoms with Crippen LogP contribution in [0, 0.1) is 0 Å². The summed E-state index contributed by atoms with van der Waals surface area (Å²) in [5.74, 6) is -0.645. The highest BCUT2D eigenvalue weighted by Gasteiger charge is 2.34. The quantitative estimate of drug-likeness (QED) is 0.497. The molecule has 1 saturated heterocycles. The number of nitrogens with zero attached hydrogens (tertiary/aromatic N) is 1. The average Bonchev–Trinajstić information content (AvgIpc) is 2.90. The lowest BCUT2D eigenvalue weighted by molar-refractivity contribution is -0.122. The van der Waals surface area contributed by atoms with Gasteiger partial charge in [0.05, 0.1) is 5.69 Å². The Morgan fingerprint density at radius 1 is 1.14 bits per heavy atom. The molecule has 0 saturated carbocycles. The Kier molecular flexibility index (Phi) is 3.91. The van der Waals surface area contributed by atoms with Gasteiger partial charge in [-0.05, 0) is 58.5 Å². The van der Waals surface area contributed by atoms with Gasteiger partial charge in [-0.15, -0.1) is 0 Å². The zero-order valence-corrected chi connectivity index (χ0v) is 13.5. The first-order chi connectivity index (χ1) is 10.6. The van der Waals surface area contributed by atoms with Gasteiger partial charge in [-0.25, -0.2) is 0 Å². The molecule has 22 heavy (non-hydrogen) atoms. The van der Waals surface area contributed by atoms with Crippen molar-refractivity contribution in [2.45, 2.75) is 0 Å². The first-order valence-electron chi connectivity index (χ1n) is 6.28. The second-order valence-corrected chi connectivity index (χ2v) is 5.60. The number of carbonyl (C=O) groups excluding carboxylic acids is 2. The summed E-state index contributed by atoms with van der Waals surface area (Å²) >= 11 is 8.27. The number of thiocarbonyl (C=S) groups is 1. The molecule has 0 spiro atoms. The van der Waals surface area contributed by atoms with Crippen LogP contribution in [0.3, 0.4) is 0 Å². The summed E-state index contributed by atoms with van der Waals surface area (Å²) in [4.78, 5) is 25.9. The molecule has 0 atom stereocenters. The van der Waals surface area contributed by atoms with Gasteiger partial charge in [0.25, 0.3) is 11.8 Å². The fourth-order valence-corrected chi connectivity index (χ4v) is 2.62. The number of halogens is 1. The number of anilines is 1. The van der Waals surface area contributed by atoms with Crippen LogP contribution in [0.1, 0.15) is 5.76 Å². The van der Waals surface area contributed by atoms with E-state index in [2.05, 4.69) is 21.2 Å². The van der Waals surface area contributed by atoms with E-state index in [0.717, 1.165) is 0 Å². The van der Waals surface area contributed by atoms with Gasteiger partial charge in [0, 0.05) is 0 Å². The molecule has 2 amide bonds. The van der Waals surface area contributed by atoms with Crippen molar-refractivity contribution in [3.63, 3.8) is 0 Å². The van der Waals surface area contributed by atoms with E-state index in [1.807, 2.05) is 6.07 Å². The molecule has 2 heterocycles. The van der Waals surface area contributed by atoms with Crippen molar-refractivity contribution < 1.29 is 14.0 Å². The van der Waals surface area contributed by atoms with Crippen LogP contribution in [0.15, 0.2) is 57.1 Å². The summed E-state index contributed by atoms with van der Waals surface area (Å²) in [5.41, 5.74) is 0.545. The van der Waals surface area contributed by atoms with Crippen LogP contribution in [0.5, 0.6) is 0 Å². The molecule has 2 aromatic rings. The number of para-hydroxylation sites is 1. The Hall–Kier alpha value is -2.25. The molecule has 110 valence electrons. The molecular formula is C15H9BrN2O3S. The van der Waals surface area contributed by atoms with E-state index in [0.29, 0.717) is 16.1 Å². The maximum Gasteiger partial charge on any atom is 0.270 e. The maximum absolute atomic E-state index is 12.6. The molecule has 1 aromatic carbocycles. The summed E-state index contributed by atoms with van der Waals surface area (Å²) in [7, 11) is 0. The maximum atomic E-state index is 12.6. The van der Waals surface area contributed by atoms with Crippen molar-refractivity contribution >= 4 is 56.8 Å². The van der Waals surface area contributed by atoms with Gasteiger partial charge in [-0.3, -0.25) is 19.8 Å². The van der Waals surface area contributed by atoms with Crippen molar-refractivity contribution in [1.29, 1.82) is 0 Å². The van der Waals surface area contributed by atoms with E-state index >= 15 is 0 Å². The third-order valence-corrected chi connectivity index (χ3v) is 3.71. The second-order valence-electron chi connectivity index (χ2n) is 4.44. The van der Waals surface area contributed by atoms with Crippen LogP contribution in [-0.2, 0) is 9.59 Å². The summed E-state index contributed by atoms with van der Waals surface area (Å²) < 4.78 is 5.82. The zero-order chi connectivity index (χ0) is 15.7. The van der Waals surface area contributed by atoms with Crippen LogP contribution in [-0.4, -0.2) is 16.9 Å². The lowest BCUT2D eigenvalue weighted by atomic mass is 10.1. The molecular weight excluding hydrogens is 368 g/mol. The number of nitrogens with one attached hydrogen (secondary N) is 1. The van der Waals surface area contributed by atoms with Crippen molar-refractivity contribution in [3.8, 4) is 0 Å². The fraction of sp³-hybridized carbons (Fsp3) is 0. The van der Waals surface area contributed by atoms with E-state index < -0.39 is 11.8 Å². The zero-order valence-electron chi connectivity index (χ0n) is 11.1. The Morgan fingerprint density at radius 2 is 1.86 bits per heavy atom. The van der Waals surface area contributed by atoms with E-state index in [1.165, 1.54) is 11.0 Å². The number of rotatable bonds is 2. The number of carbonyl (C=O) groups is 2. The second kappa shape index (κ2) is 5.86. The standard InChI is InChI=1S/C15H9BrN2O3S/c16-12-7-6-10(21-12)8-11-13(19)17-15(22)18(14(11)20)9-4-2-1-3-5-9/h1-8H,(H,17,19,22)/b11-8+. The fourth-order valence-electron chi connectivity index (χ4n) is 2.02. The minimum absolute atomic E-state index is 0.0423. The van der Waals surface area contributed by atoms with Gasteiger partial charge >= 0.3 is 0 Å². The number of hydrogen-bond donors (Lipinski definition) is 1. The van der Waals surface area contributed by atoms with Gasteiger partial charge in [-0.1, -0.05) is 18.2 Å². The van der Waals surface area contributed by atoms with Crippen LogP contribution in [0.4, 0.5) is 5.69 Å². The molecule has 1 aliphatic heterocycles. The summed E-state index contributed by atoms with van der Waals surface area (Å²) in [5, 5.41) is 2.57. The normalized spacial score (nSPS) is 17.0. The number of benzene rings is 1. The van der Waals surface area contributed by atoms with E-state index in [1.54, 1.807) is 36.4 Å². The van der Waals surface area contributed by atoms with Crippen molar-refractivity contribution in [1.82, 2.24) is 5.32 Å². The Balaban J connectivity index is 2.01. The van der Waals surface area contributed by atoms with Crippen molar-refractivity contribution in [2.24, 2.45) is 0 Å². The highest BCUT2D eigenvalue weighted by Crippen LogP contribution is 2.23. The monoisotopic (exact) mass is 376 g/mol. The van der Waals surface area contributed by atoms with Gasteiger partial charge in [0.1, 0.15) is 11.3 Å². The summed E-state index contributed by atoms with van der Waals surface area (Å²) in [6.45, 7) is 0. The third-order valence-electron chi connectivity index (χ3n) is 3.00. The predicted octanol–water partition coefficient (Wildman–Crippen LogP) is 2.87. The molecule has 0 aliphatic carbocycles. The molecule has 5 nitrogen and oxygen atoms in total. The van der Waals surface area contributed by atoms with Gasteiger partial charge in [0.2, 0.25) is 0 Å². The van der Waals surface area contributed by atoms with Gasteiger partial charge < -0.3 is 4.42 Å². The molecule has 0 bridgehead atoms. The first kappa shape index (κ1) is 14.7. The van der Waals surface area contributed by atoms with Crippen molar-refractivity contribution in [3.05, 3.63) is 58.5 Å². The smallest absolute Gasteiger partial charge is 0.270 e. The van der Waals surface area contributed by atoms with Gasteiger partial charge in [0.15, 0.2) is 9.78 Å². The van der Waals surface area contributed by atoms with Gasteiger partial charge in [-0.2, -0.15) is 0 Å². The Labute approximate surface area is 139 Å².